The van der Waals surface area contributed by atoms with Gasteiger partial charge < -0.3 is 10.1 Å². The lowest BCUT2D eigenvalue weighted by Crippen LogP contribution is -2.38. The zero-order valence-electron chi connectivity index (χ0n) is 12.6. The molecule has 0 fully saturated rings. The van der Waals surface area contributed by atoms with Gasteiger partial charge in [-0.05, 0) is 42.7 Å². The molecule has 3 nitrogen and oxygen atoms in total. The van der Waals surface area contributed by atoms with E-state index in [1.807, 2.05) is 37.3 Å². The molecule has 0 bridgehead atoms. The van der Waals surface area contributed by atoms with Gasteiger partial charge in [0.05, 0.1) is 0 Å². The predicted octanol–water partition coefficient (Wildman–Crippen LogP) is 3.86. The molecule has 2 aromatic carbocycles. The van der Waals surface area contributed by atoms with Crippen LogP contribution in [0.4, 0.5) is 0 Å². The summed E-state index contributed by atoms with van der Waals surface area (Å²) in [6.07, 6.45) is 0.931. The highest BCUT2D eigenvalue weighted by molar-refractivity contribution is 6.30. The van der Waals surface area contributed by atoms with Crippen LogP contribution in [0.3, 0.4) is 0 Å². The average molecular weight is 318 g/mol. The van der Waals surface area contributed by atoms with E-state index in [2.05, 4.69) is 5.32 Å². The Kier molecular flexibility index (Phi) is 6.28. The number of rotatable bonds is 7. The topological polar surface area (TPSA) is 38.3 Å². The molecule has 0 saturated heterocycles. The minimum absolute atomic E-state index is 0.0895. The van der Waals surface area contributed by atoms with Gasteiger partial charge in [-0.15, -0.1) is 0 Å². The predicted molar refractivity (Wildman–Crippen MR) is 89.3 cm³/mol. The van der Waals surface area contributed by atoms with Crippen molar-refractivity contribution in [2.24, 2.45) is 0 Å². The highest BCUT2D eigenvalue weighted by atomic mass is 35.5. The van der Waals surface area contributed by atoms with Crippen LogP contribution >= 0.6 is 11.6 Å². The van der Waals surface area contributed by atoms with Crippen molar-refractivity contribution in [1.29, 1.82) is 0 Å². The summed E-state index contributed by atoms with van der Waals surface area (Å²) in [5.74, 6) is 0.558. The normalized spacial score (nSPS) is 11.7. The van der Waals surface area contributed by atoms with Crippen LogP contribution in [-0.2, 0) is 11.2 Å². The van der Waals surface area contributed by atoms with Crippen LogP contribution in [0.2, 0.25) is 5.02 Å². The standard InChI is InChI=1S/C18H20ClNO2/c1-2-17(22-16-10-8-15(19)9-11-16)18(21)20-13-12-14-6-4-3-5-7-14/h3-11,17H,2,12-13H2,1H3,(H,20,21)/t17-/m1/s1. The fourth-order valence-electron chi connectivity index (χ4n) is 2.09. The molecule has 0 spiro atoms. The fourth-order valence-corrected chi connectivity index (χ4v) is 2.21. The highest BCUT2D eigenvalue weighted by Crippen LogP contribution is 2.17. The Morgan fingerprint density at radius 2 is 1.82 bits per heavy atom. The van der Waals surface area contributed by atoms with Crippen LogP contribution < -0.4 is 10.1 Å². The first-order chi connectivity index (χ1) is 10.7. The molecule has 1 amide bonds. The van der Waals surface area contributed by atoms with Gasteiger partial charge in [-0.2, -0.15) is 0 Å². The SMILES string of the molecule is CC[C@@H](Oc1ccc(Cl)cc1)C(=O)NCCc1ccccc1. The summed E-state index contributed by atoms with van der Waals surface area (Å²) in [5.41, 5.74) is 1.20. The van der Waals surface area contributed by atoms with Gasteiger partial charge in [-0.25, -0.2) is 0 Å². The van der Waals surface area contributed by atoms with Gasteiger partial charge in [0.15, 0.2) is 6.10 Å². The van der Waals surface area contributed by atoms with Gasteiger partial charge in [0, 0.05) is 11.6 Å². The molecule has 0 unspecified atom stereocenters. The molecule has 1 atom stereocenters. The summed E-state index contributed by atoms with van der Waals surface area (Å²) in [6, 6.07) is 17.1. The van der Waals surface area contributed by atoms with Gasteiger partial charge in [-0.1, -0.05) is 48.9 Å². The molecule has 0 aliphatic carbocycles. The van der Waals surface area contributed by atoms with Crippen LogP contribution in [0.15, 0.2) is 54.6 Å². The summed E-state index contributed by atoms with van der Waals surface area (Å²) in [5, 5.41) is 3.57. The quantitative estimate of drug-likeness (QED) is 0.842. The van der Waals surface area contributed by atoms with Gasteiger partial charge in [-0.3, -0.25) is 4.79 Å². The summed E-state index contributed by atoms with van der Waals surface area (Å²) < 4.78 is 5.71. The van der Waals surface area contributed by atoms with Crippen LogP contribution in [0.5, 0.6) is 5.75 Å². The zero-order valence-corrected chi connectivity index (χ0v) is 13.3. The van der Waals surface area contributed by atoms with E-state index in [9.17, 15) is 4.79 Å². The van der Waals surface area contributed by atoms with Crippen molar-refractivity contribution in [2.45, 2.75) is 25.9 Å². The van der Waals surface area contributed by atoms with E-state index in [0.29, 0.717) is 23.7 Å². The van der Waals surface area contributed by atoms with E-state index in [0.717, 1.165) is 6.42 Å². The van der Waals surface area contributed by atoms with Crippen molar-refractivity contribution >= 4 is 17.5 Å². The highest BCUT2D eigenvalue weighted by Gasteiger charge is 2.17. The average Bonchev–Trinajstić information content (AvgIpc) is 2.55. The van der Waals surface area contributed by atoms with Crippen LogP contribution in [0, 0.1) is 0 Å². The third-order valence-electron chi connectivity index (χ3n) is 3.31. The van der Waals surface area contributed by atoms with E-state index in [1.165, 1.54) is 5.56 Å². The van der Waals surface area contributed by atoms with Gasteiger partial charge >= 0.3 is 0 Å². The van der Waals surface area contributed by atoms with Crippen molar-refractivity contribution in [3.63, 3.8) is 0 Å². The number of hydrogen-bond acceptors (Lipinski definition) is 2. The Balaban J connectivity index is 1.82. The Labute approximate surface area is 136 Å². The fraction of sp³-hybridized carbons (Fsp3) is 0.278. The molecule has 0 saturated carbocycles. The molecular formula is C18H20ClNO2. The molecule has 4 heteroatoms. The first kappa shape index (κ1) is 16.4. The van der Waals surface area contributed by atoms with Crippen molar-refractivity contribution in [3.05, 3.63) is 65.2 Å². The molecule has 1 N–H and O–H groups in total. The van der Waals surface area contributed by atoms with Crippen LogP contribution in [0.1, 0.15) is 18.9 Å². The number of halogens is 1. The lowest BCUT2D eigenvalue weighted by atomic mass is 10.1. The third kappa shape index (κ3) is 5.08. The zero-order chi connectivity index (χ0) is 15.8. The maximum Gasteiger partial charge on any atom is 0.261 e. The molecule has 116 valence electrons. The van der Waals surface area contributed by atoms with Gasteiger partial charge in [0.1, 0.15) is 5.75 Å². The number of carbonyl (C=O) groups is 1. The molecule has 2 rings (SSSR count). The Morgan fingerprint density at radius 1 is 1.14 bits per heavy atom. The molecular weight excluding hydrogens is 298 g/mol. The summed E-state index contributed by atoms with van der Waals surface area (Å²) in [4.78, 5) is 12.2. The number of carbonyl (C=O) groups excluding carboxylic acids is 1. The second kappa shape index (κ2) is 8.44. The van der Waals surface area contributed by atoms with Crippen LogP contribution in [0.25, 0.3) is 0 Å². The summed E-state index contributed by atoms with van der Waals surface area (Å²) in [6.45, 7) is 2.53. The second-order valence-corrected chi connectivity index (χ2v) is 5.43. The number of amides is 1. The Bertz CT molecular complexity index is 584. The van der Waals surface area contributed by atoms with E-state index < -0.39 is 6.10 Å². The van der Waals surface area contributed by atoms with E-state index in [4.69, 9.17) is 16.3 Å². The minimum atomic E-state index is -0.489. The van der Waals surface area contributed by atoms with Crippen molar-refractivity contribution in [1.82, 2.24) is 5.32 Å². The van der Waals surface area contributed by atoms with E-state index in [-0.39, 0.29) is 5.91 Å². The monoisotopic (exact) mass is 317 g/mol. The molecule has 0 aromatic heterocycles. The summed E-state index contributed by atoms with van der Waals surface area (Å²) >= 11 is 5.84. The first-order valence-corrected chi connectivity index (χ1v) is 7.80. The van der Waals surface area contributed by atoms with E-state index in [1.54, 1.807) is 24.3 Å². The molecule has 0 aliphatic heterocycles. The molecule has 0 radical (unpaired) electrons. The van der Waals surface area contributed by atoms with Crippen molar-refractivity contribution in [2.75, 3.05) is 6.54 Å². The number of benzene rings is 2. The molecule has 0 aliphatic rings. The maximum atomic E-state index is 12.2. The van der Waals surface area contributed by atoms with E-state index >= 15 is 0 Å². The molecule has 2 aromatic rings. The lowest BCUT2D eigenvalue weighted by Gasteiger charge is -2.17. The Morgan fingerprint density at radius 3 is 2.45 bits per heavy atom. The number of ether oxygens (including phenoxy) is 1. The van der Waals surface area contributed by atoms with Gasteiger partial charge in [0.25, 0.3) is 5.91 Å². The first-order valence-electron chi connectivity index (χ1n) is 7.43. The largest absolute Gasteiger partial charge is 0.481 e. The van der Waals surface area contributed by atoms with Crippen LogP contribution in [-0.4, -0.2) is 18.6 Å². The van der Waals surface area contributed by atoms with Crippen molar-refractivity contribution < 1.29 is 9.53 Å². The molecule has 0 heterocycles. The smallest absolute Gasteiger partial charge is 0.261 e. The summed E-state index contributed by atoms with van der Waals surface area (Å²) in [7, 11) is 0. The minimum Gasteiger partial charge on any atom is -0.481 e. The number of nitrogens with one attached hydrogen (secondary N) is 1. The lowest BCUT2D eigenvalue weighted by molar-refractivity contribution is -0.128. The third-order valence-corrected chi connectivity index (χ3v) is 3.56. The maximum absolute atomic E-state index is 12.2. The number of hydrogen-bond donors (Lipinski definition) is 1. The van der Waals surface area contributed by atoms with Crippen molar-refractivity contribution in [3.8, 4) is 5.75 Å². The van der Waals surface area contributed by atoms with Gasteiger partial charge in [0.2, 0.25) is 0 Å². The second-order valence-electron chi connectivity index (χ2n) is 5.00. The molecule has 22 heavy (non-hydrogen) atoms. The Hall–Kier alpha value is -2.00.